The van der Waals surface area contributed by atoms with Crippen LogP contribution in [-0.4, -0.2) is 89.5 Å². The fourth-order valence-electron chi connectivity index (χ4n) is 8.02. The number of piperidine rings is 2. The number of benzene rings is 3. The van der Waals surface area contributed by atoms with E-state index in [2.05, 4.69) is 35.7 Å². The second kappa shape index (κ2) is 17.3. The summed E-state index contributed by atoms with van der Waals surface area (Å²) in [4.78, 5) is 52.3. The average Bonchev–Trinajstić information content (AvgIpc) is 3.54. The van der Waals surface area contributed by atoms with Crippen molar-refractivity contribution in [2.24, 2.45) is 0 Å². The van der Waals surface area contributed by atoms with E-state index >= 15 is 4.39 Å². The molecule has 318 valence electrons. The van der Waals surface area contributed by atoms with E-state index in [-0.39, 0.29) is 64.7 Å². The molecule has 17 heteroatoms. The van der Waals surface area contributed by atoms with Crippen LogP contribution in [0.15, 0.2) is 59.6 Å². The van der Waals surface area contributed by atoms with E-state index in [4.69, 9.17) is 16.3 Å². The molecular weight excluding hydrogens is 811 g/mol. The van der Waals surface area contributed by atoms with Crippen LogP contribution in [0, 0.1) is 12.7 Å². The molecule has 1 atom stereocenters. The number of para-hydroxylation sites is 1. The van der Waals surface area contributed by atoms with Crippen molar-refractivity contribution in [3.8, 4) is 5.75 Å². The van der Waals surface area contributed by atoms with Gasteiger partial charge in [-0.05, 0) is 90.8 Å². The lowest BCUT2D eigenvalue weighted by molar-refractivity contribution is -0.136. The van der Waals surface area contributed by atoms with Crippen molar-refractivity contribution in [3.63, 3.8) is 0 Å². The largest absolute Gasteiger partial charge is 0.489 e. The number of hydrogen-bond acceptors (Lipinski definition) is 12. The number of nitrogens with one attached hydrogen (secondary N) is 3. The minimum absolute atomic E-state index is 0.00873. The number of rotatable bonds is 13. The third kappa shape index (κ3) is 8.77. The van der Waals surface area contributed by atoms with Crippen LogP contribution in [0.25, 0.3) is 0 Å². The molecule has 4 heterocycles. The zero-order chi connectivity index (χ0) is 43.0. The lowest BCUT2D eigenvalue weighted by atomic mass is 10.00. The van der Waals surface area contributed by atoms with E-state index in [9.17, 15) is 22.8 Å². The van der Waals surface area contributed by atoms with Gasteiger partial charge in [0.1, 0.15) is 22.6 Å². The molecule has 0 aliphatic carbocycles. The molecule has 0 bridgehead atoms. The van der Waals surface area contributed by atoms with E-state index in [1.807, 2.05) is 40.0 Å². The number of carbonyl (C=O) groups is 3. The van der Waals surface area contributed by atoms with Gasteiger partial charge in [0.25, 0.3) is 5.91 Å². The molecule has 14 nitrogen and oxygen atoms in total. The van der Waals surface area contributed by atoms with Crippen LogP contribution in [0.5, 0.6) is 5.75 Å². The number of sulfone groups is 1. The van der Waals surface area contributed by atoms with Gasteiger partial charge >= 0.3 is 0 Å². The van der Waals surface area contributed by atoms with Crippen LogP contribution in [-0.2, 0) is 32.5 Å². The molecule has 7 rings (SSSR count). The third-order valence-electron chi connectivity index (χ3n) is 11.3. The molecule has 1 unspecified atom stereocenters. The monoisotopic (exact) mass is 860 g/mol. The highest BCUT2D eigenvalue weighted by atomic mass is 35.5. The SMILES string of the molecule is Cc1cc(Nc2ncc(Cl)c(Nc3ccccc3S(=O)(=O)C(C)C)n2)c(OC(C)C)cc1N1CCC(N(C)Cc2ccc3c(c2F)CN(C2CCC(=O)NC2=O)C3=O)CC1. The Balaban J connectivity index is 1.02. The Labute approximate surface area is 354 Å². The molecule has 4 aromatic rings. The van der Waals surface area contributed by atoms with Crippen LogP contribution in [0.3, 0.4) is 0 Å². The van der Waals surface area contributed by atoms with Gasteiger partial charge in [0.05, 0.1) is 40.4 Å². The normalized spacial score (nSPS) is 17.4. The summed E-state index contributed by atoms with van der Waals surface area (Å²) in [5, 5.41) is 8.26. The number of hydrogen-bond donors (Lipinski definition) is 3. The Bertz CT molecular complexity index is 2440. The second-order valence-corrected chi connectivity index (χ2v) is 19.0. The molecule has 3 N–H and O–H groups in total. The standard InChI is InChI=1S/C43H50ClFN8O6S/c1-24(2)59-36-20-35(26(5)19-33(36)48-43-46-21-31(44)40(50-43)47-32-9-7-8-10-37(32)60(57,58)25(3)4)52-17-15-28(16-18-52)51(6)22-27-11-12-29-30(39(27)45)23-53(42(29)56)34-13-14-38(54)49-41(34)55/h7-12,19-21,24-25,28,34H,13-18,22-23H2,1-6H3,(H,49,54,55)(H2,46,47,48,50). The minimum Gasteiger partial charge on any atom is -0.489 e. The number of ether oxygens (including phenoxy) is 1. The topological polar surface area (TPSA) is 166 Å². The Hall–Kier alpha value is -5.32. The average molecular weight is 861 g/mol. The zero-order valence-corrected chi connectivity index (χ0v) is 36.1. The highest BCUT2D eigenvalue weighted by molar-refractivity contribution is 7.92. The van der Waals surface area contributed by atoms with Gasteiger partial charge in [-0.1, -0.05) is 29.8 Å². The molecule has 1 aromatic heterocycles. The first-order valence-corrected chi connectivity index (χ1v) is 22.0. The molecule has 3 aliphatic heterocycles. The maximum absolute atomic E-state index is 16.0. The maximum Gasteiger partial charge on any atom is 0.255 e. The number of aryl methyl sites for hydroxylation is 1. The Morgan fingerprint density at radius 1 is 1.02 bits per heavy atom. The van der Waals surface area contributed by atoms with E-state index in [0.717, 1.165) is 37.2 Å². The summed E-state index contributed by atoms with van der Waals surface area (Å²) in [6.07, 6.45) is 3.33. The molecule has 3 aromatic carbocycles. The number of amides is 3. The van der Waals surface area contributed by atoms with Gasteiger partial charge in [0.2, 0.25) is 17.8 Å². The van der Waals surface area contributed by atoms with Crippen molar-refractivity contribution >= 4 is 68.0 Å². The summed E-state index contributed by atoms with van der Waals surface area (Å²) < 4.78 is 48.5. The van der Waals surface area contributed by atoms with Crippen molar-refractivity contribution < 1.29 is 31.9 Å². The van der Waals surface area contributed by atoms with Crippen LogP contribution >= 0.6 is 11.6 Å². The predicted octanol–water partition coefficient (Wildman–Crippen LogP) is 6.90. The molecule has 0 saturated carbocycles. The fraction of sp³-hybridized carbons (Fsp3) is 0.419. The fourth-order valence-corrected chi connectivity index (χ4v) is 9.36. The Morgan fingerprint density at radius 3 is 2.45 bits per heavy atom. The predicted molar refractivity (Wildman–Crippen MR) is 228 cm³/mol. The first-order chi connectivity index (χ1) is 28.5. The Morgan fingerprint density at radius 2 is 1.75 bits per heavy atom. The second-order valence-electron chi connectivity index (χ2n) is 16.1. The number of anilines is 5. The number of nitrogens with zero attached hydrogens (tertiary/aromatic N) is 5. The van der Waals surface area contributed by atoms with Gasteiger partial charge in [-0.15, -0.1) is 0 Å². The van der Waals surface area contributed by atoms with Gasteiger partial charge in [-0.25, -0.2) is 17.8 Å². The minimum atomic E-state index is -3.60. The van der Waals surface area contributed by atoms with Crippen molar-refractivity contribution in [3.05, 3.63) is 87.8 Å². The van der Waals surface area contributed by atoms with Gasteiger partial charge in [-0.2, -0.15) is 4.98 Å². The van der Waals surface area contributed by atoms with E-state index in [1.165, 1.54) is 11.1 Å². The number of carbonyl (C=O) groups excluding carboxylic acids is 3. The molecular formula is C43H50ClFN8O6S. The molecule has 60 heavy (non-hydrogen) atoms. The number of imide groups is 1. The lowest BCUT2D eigenvalue weighted by Crippen LogP contribution is -2.52. The maximum atomic E-state index is 16.0. The zero-order valence-electron chi connectivity index (χ0n) is 34.5. The third-order valence-corrected chi connectivity index (χ3v) is 13.8. The van der Waals surface area contributed by atoms with Gasteiger partial charge in [0.15, 0.2) is 15.7 Å². The van der Waals surface area contributed by atoms with Gasteiger partial charge in [-0.3, -0.25) is 24.6 Å². The van der Waals surface area contributed by atoms with E-state index in [0.29, 0.717) is 34.8 Å². The summed E-state index contributed by atoms with van der Waals surface area (Å²) in [6, 6.07) is 13.3. The van der Waals surface area contributed by atoms with Gasteiger partial charge < -0.3 is 25.2 Å². The molecule has 0 radical (unpaired) electrons. The number of fused-ring (bicyclic) bond motifs is 1. The summed E-state index contributed by atoms with van der Waals surface area (Å²) in [5.74, 6) is -0.649. The molecule has 2 fully saturated rings. The summed E-state index contributed by atoms with van der Waals surface area (Å²) in [5.41, 5.74) is 4.06. The van der Waals surface area contributed by atoms with Gasteiger partial charge in [0, 0.05) is 60.5 Å². The highest BCUT2D eigenvalue weighted by Gasteiger charge is 2.40. The summed E-state index contributed by atoms with van der Waals surface area (Å²) >= 11 is 6.50. The lowest BCUT2D eigenvalue weighted by Gasteiger charge is -2.38. The first-order valence-electron chi connectivity index (χ1n) is 20.1. The van der Waals surface area contributed by atoms with Crippen LogP contribution in [0.4, 0.5) is 33.2 Å². The van der Waals surface area contributed by atoms with Crippen LogP contribution < -0.4 is 25.6 Å². The van der Waals surface area contributed by atoms with Crippen molar-refractivity contribution in [2.75, 3.05) is 35.7 Å². The molecule has 3 aliphatic rings. The Kier molecular flexibility index (Phi) is 12.4. The van der Waals surface area contributed by atoms with Crippen LogP contribution in [0.1, 0.15) is 80.4 Å². The van der Waals surface area contributed by atoms with Crippen LogP contribution in [0.2, 0.25) is 5.02 Å². The van der Waals surface area contributed by atoms with Crippen molar-refractivity contribution in [1.29, 1.82) is 0 Å². The molecule has 0 spiro atoms. The summed E-state index contributed by atoms with van der Waals surface area (Å²) in [7, 11) is -1.61. The molecule has 2 saturated heterocycles. The first kappa shape index (κ1) is 42.8. The number of aromatic nitrogens is 2. The summed E-state index contributed by atoms with van der Waals surface area (Å²) in [6.45, 7) is 11.1. The van der Waals surface area contributed by atoms with Crippen molar-refractivity contribution in [1.82, 2.24) is 25.1 Å². The highest BCUT2D eigenvalue weighted by Crippen LogP contribution is 2.38. The quantitative estimate of drug-likeness (QED) is 0.119. The smallest absolute Gasteiger partial charge is 0.255 e. The van der Waals surface area contributed by atoms with Crippen molar-refractivity contribution in [2.45, 2.75) is 102 Å². The number of halogens is 2. The van der Waals surface area contributed by atoms with E-state index in [1.54, 1.807) is 50.2 Å². The van der Waals surface area contributed by atoms with E-state index < -0.39 is 38.8 Å². The molecule has 3 amide bonds.